The maximum absolute atomic E-state index is 11.7. The van der Waals surface area contributed by atoms with Crippen molar-refractivity contribution in [2.45, 2.75) is 12.5 Å². The van der Waals surface area contributed by atoms with Crippen LogP contribution in [0, 0.1) is 10.1 Å². The Labute approximate surface area is 114 Å². The third kappa shape index (κ3) is 4.16. The van der Waals surface area contributed by atoms with Crippen molar-refractivity contribution in [2.75, 3.05) is 13.2 Å². The van der Waals surface area contributed by atoms with Gasteiger partial charge >= 0.3 is 0 Å². The smallest absolute Gasteiger partial charge is 0.288 e. The molecule has 3 N–H and O–H groups in total. The highest BCUT2D eigenvalue weighted by Crippen LogP contribution is 2.24. The zero-order chi connectivity index (χ0) is 14.6. The molecule has 104 valence electrons. The summed E-state index contributed by atoms with van der Waals surface area (Å²) < 4.78 is 0. The predicted molar refractivity (Wildman–Crippen MR) is 68.1 cm³/mol. The molecule has 1 unspecified atom stereocenters. The van der Waals surface area contributed by atoms with Gasteiger partial charge in [0.15, 0.2) is 0 Å². The molecule has 0 heterocycles. The molecule has 0 saturated heterocycles. The second-order valence-electron chi connectivity index (χ2n) is 4.26. The molecule has 0 aliphatic heterocycles. The minimum absolute atomic E-state index is 0.0461. The first kappa shape index (κ1) is 15.4. The van der Waals surface area contributed by atoms with Crippen molar-refractivity contribution >= 4 is 23.2 Å². The third-order valence-electron chi connectivity index (χ3n) is 2.38. The number of aliphatic hydroxyl groups excluding tert-OH is 1. The van der Waals surface area contributed by atoms with Crippen molar-refractivity contribution in [1.82, 2.24) is 5.32 Å². The van der Waals surface area contributed by atoms with E-state index in [1.807, 2.05) is 0 Å². The number of rotatable bonds is 5. The summed E-state index contributed by atoms with van der Waals surface area (Å²) in [6, 6.07) is 3.63. The van der Waals surface area contributed by atoms with Crippen molar-refractivity contribution in [1.29, 1.82) is 0 Å². The maximum Gasteiger partial charge on any atom is 0.288 e. The van der Waals surface area contributed by atoms with Crippen LogP contribution in [0.25, 0.3) is 0 Å². The molecule has 1 aromatic carbocycles. The van der Waals surface area contributed by atoms with E-state index in [-0.39, 0.29) is 22.8 Å². The van der Waals surface area contributed by atoms with Gasteiger partial charge in [-0.3, -0.25) is 14.9 Å². The fourth-order valence-electron chi connectivity index (χ4n) is 1.22. The van der Waals surface area contributed by atoms with E-state index in [4.69, 9.17) is 16.7 Å². The van der Waals surface area contributed by atoms with Crippen LogP contribution in [0.3, 0.4) is 0 Å². The Kier molecular flexibility index (Phi) is 4.82. The Morgan fingerprint density at radius 2 is 2.21 bits per heavy atom. The lowest BCUT2D eigenvalue weighted by Gasteiger charge is -2.20. The standard InChI is InChI=1S/C11H13ClN2O5/c1-11(17,6-15)5-13-10(16)7-2-3-8(12)9(4-7)14(18)19/h2-4,15,17H,5-6H2,1H3,(H,13,16). The Hall–Kier alpha value is -1.70. The van der Waals surface area contributed by atoms with Gasteiger partial charge in [-0.25, -0.2) is 0 Å². The van der Waals surface area contributed by atoms with Gasteiger partial charge in [-0.1, -0.05) is 11.6 Å². The maximum atomic E-state index is 11.7. The average molecular weight is 289 g/mol. The number of hydrogen-bond acceptors (Lipinski definition) is 5. The Morgan fingerprint density at radius 3 is 2.74 bits per heavy atom. The molecular formula is C11H13ClN2O5. The molecule has 0 bridgehead atoms. The SMILES string of the molecule is CC(O)(CO)CNC(=O)c1ccc(Cl)c([N+](=O)[O-])c1. The average Bonchev–Trinajstić information content (AvgIpc) is 2.36. The van der Waals surface area contributed by atoms with Crippen molar-refractivity contribution in [2.24, 2.45) is 0 Å². The highest BCUT2D eigenvalue weighted by Gasteiger charge is 2.21. The molecule has 7 nitrogen and oxygen atoms in total. The minimum Gasteiger partial charge on any atom is -0.393 e. The monoisotopic (exact) mass is 288 g/mol. The number of hydrogen-bond donors (Lipinski definition) is 3. The molecule has 0 aliphatic rings. The van der Waals surface area contributed by atoms with Crippen molar-refractivity contribution < 1.29 is 19.9 Å². The summed E-state index contributed by atoms with van der Waals surface area (Å²) >= 11 is 5.62. The number of benzene rings is 1. The first-order valence-electron chi connectivity index (χ1n) is 5.32. The number of amides is 1. The molecule has 0 aliphatic carbocycles. The van der Waals surface area contributed by atoms with Gasteiger partial charge in [0.2, 0.25) is 0 Å². The minimum atomic E-state index is -1.45. The van der Waals surface area contributed by atoms with Crippen LogP contribution in [0.15, 0.2) is 18.2 Å². The highest BCUT2D eigenvalue weighted by atomic mass is 35.5. The van der Waals surface area contributed by atoms with Crippen LogP contribution < -0.4 is 5.32 Å². The van der Waals surface area contributed by atoms with E-state index in [2.05, 4.69) is 5.32 Å². The van der Waals surface area contributed by atoms with Gasteiger partial charge in [-0.2, -0.15) is 0 Å². The van der Waals surface area contributed by atoms with Gasteiger partial charge in [0.05, 0.1) is 11.5 Å². The first-order chi connectivity index (χ1) is 8.76. The second kappa shape index (κ2) is 5.96. The summed E-state index contributed by atoms with van der Waals surface area (Å²) in [5.41, 5.74) is -1.78. The fraction of sp³-hybridized carbons (Fsp3) is 0.364. The van der Waals surface area contributed by atoms with Gasteiger partial charge < -0.3 is 15.5 Å². The molecule has 0 aromatic heterocycles. The summed E-state index contributed by atoms with van der Waals surface area (Å²) in [6.07, 6.45) is 0. The van der Waals surface area contributed by atoms with Gasteiger partial charge in [-0.05, 0) is 19.1 Å². The summed E-state index contributed by atoms with van der Waals surface area (Å²) in [4.78, 5) is 21.7. The first-order valence-corrected chi connectivity index (χ1v) is 5.70. The number of halogens is 1. The molecule has 0 spiro atoms. The number of nitrogens with one attached hydrogen (secondary N) is 1. The van der Waals surface area contributed by atoms with E-state index in [9.17, 15) is 20.0 Å². The fourth-order valence-corrected chi connectivity index (χ4v) is 1.41. The number of nitrogens with zero attached hydrogens (tertiary/aromatic N) is 1. The Morgan fingerprint density at radius 1 is 1.58 bits per heavy atom. The zero-order valence-corrected chi connectivity index (χ0v) is 10.8. The van der Waals surface area contributed by atoms with Gasteiger partial charge in [0.1, 0.15) is 10.6 Å². The van der Waals surface area contributed by atoms with E-state index in [1.54, 1.807) is 0 Å². The van der Waals surface area contributed by atoms with E-state index in [0.717, 1.165) is 6.07 Å². The second-order valence-corrected chi connectivity index (χ2v) is 4.67. The Balaban J connectivity index is 2.84. The summed E-state index contributed by atoms with van der Waals surface area (Å²) in [7, 11) is 0. The largest absolute Gasteiger partial charge is 0.393 e. The van der Waals surface area contributed by atoms with Crippen LogP contribution in [0.5, 0.6) is 0 Å². The molecule has 0 radical (unpaired) electrons. The predicted octanol–water partition coefficient (Wildman–Crippen LogP) is 0.721. The van der Waals surface area contributed by atoms with E-state index >= 15 is 0 Å². The number of carbonyl (C=O) groups is 1. The van der Waals surface area contributed by atoms with Crippen molar-refractivity contribution in [3.05, 3.63) is 38.9 Å². The molecule has 1 aromatic rings. The molecular weight excluding hydrogens is 276 g/mol. The van der Waals surface area contributed by atoms with Crippen LogP contribution in [0.1, 0.15) is 17.3 Å². The molecule has 0 fully saturated rings. The molecule has 1 amide bonds. The normalized spacial score (nSPS) is 13.7. The number of carbonyl (C=O) groups excluding carboxylic acids is 1. The lowest BCUT2D eigenvalue weighted by atomic mass is 10.1. The number of aliphatic hydroxyl groups is 2. The van der Waals surface area contributed by atoms with Gasteiger partial charge in [0, 0.05) is 18.2 Å². The molecule has 19 heavy (non-hydrogen) atoms. The van der Waals surface area contributed by atoms with E-state index in [1.165, 1.54) is 19.1 Å². The molecule has 1 rings (SSSR count). The van der Waals surface area contributed by atoms with Gasteiger partial charge in [-0.15, -0.1) is 0 Å². The zero-order valence-electron chi connectivity index (χ0n) is 10.1. The quantitative estimate of drug-likeness (QED) is 0.546. The van der Waals surface area contributed by atoms with Crippen molar-refractivity contribution in [3.63, 3.8) is 0 Å². The molecule has 0 saturated carbocycles. The van der Waals surface area contributed by atoms with E-state index in [0.29, 0.717) is 0 Å². The van der Waals surface area contributed by atoms with Crippen LogP contribution in [-0.4, -0.2) is 39.8 Å². The van der Waals surface area contributed by atoms with Crippen LogP contribution in [0.4, 0.5) is 5.69 Å². The van der Waals surface area contributed by atoms with Crippen LogP contribution >= 0.6 is 11.6 Å². The van der Waals surface area contributed by atoms with Gasteiger partial charge in [0.25, 0.3) is 11.6 Å². The summed E-state index contributed by atoms with van der Waals surface area (Å²) in [5, 5.41) is 31.3. The van der Waals surface area contributed by atoms with Crippen LogP contribution in [-0.2, 0) is 0 Å². The highest BCUT2D eigenvalue weighted by molar-refractivity contribution is 6.32. The summed E-state index contributed by atoms with van der Waals surface area (Å²) in [5.74, 6) is -0.603. The lowest BCUT2D eigenvalue weighted by molar-refractivity contribution is -0.384. The van der Waals surface area contributed by atoms with Crippen molar-refractivity contribution in [3.8, 4) is 0 Å². The molecule has 1 atom stereocenters. The Bertz CT molecular complexity index is 504. The third-order valence-corrected chi connectivity index (χ3v) is 2.70. The van der Waals surface area contributed by atoms with Crippen LogP contribution in [0.2, 0.25) is 5.02 Å². The lowest BCUT2D eigenvalue weighted by Crippen LogP contribution is -2.43. The molecule has 8 heteroatoms. The summed E-state index contributed by atoms with van der Waals surface area (Å²) in [6.45, 7) is 0.643. The van der Waals surface area contributed by atoms with E-state index < -0.39 is 23.0 Å². The topological polar surface area (TPSA) is 113 Å². The number of nitro groups is 1. The number of nitro benzene ring substituents is 1.